The molecule has 1 aliphatic rings. The Labute approximate surface area is 386 Å². The third-order valence-corrected chi connectivity index (χ3v) is 12.1. The molecule has 1 fully saturated rings. The number of likely N-dealkylation sites (tertiary alicyclic amines) is 1. The number of aliphatic hydroxyl groups is 1. The van der Waals surface area contributed by atoms with Gasteiger partial charge in [-0.05, 0) is 90.4 Å². The van der Waals surface area contributed by atoms with E-state index in [2.05, 4.69) is 26.3 Å². The number of rotatable bonds is 15. The van der Waals surface area contributed by atoms with Gasteiger partial charge in [0.25, 0.3) is 11.8 Å². The van der Waals surface area contributed by atoms with Gasteiger partial charge in [0.1, 0.15) is 23.7 Å². The highest BCUT2D eigenvalue weighted by Crippen LogP contribution is 2.30. The van der Waals surface area contributed by atoms with Gasteiger partial charge in [-0.2, -0.15) is 5.26 Å². The number of hydrogen-bond acceptors (Lipinski definition) is 10. The summed E-state index contributed by atoms with van der Waals surface area (Å²) in [6.45, 7) is 9.23. The lowest BCUT2D eigenvalue weighted by Gasteiger charge is -2.35. The SMILES string of the molecule is Cc1ncsc1-c1ccc([C@H](C)NC(=O)[C@@H]2C[C@@H](O)CN2C(=O)[C@@H](NC(=O)CCc2ccc(C(=O)Nc3cccc(/C=C(\C#N)C(=O)Nc4ccccc4C(=O)O)c3)cc2)C(C)(C)C)cc1. The van der Waals surface area contributed by atoms with Gasteiger partial charge < -0.3 is 36.4 Å². The molecule has 1 aromatic heterocycles. The fourth-order valence-corrected chi connectivity index (χ4v) is 8.33. The molecule has 16 heteroatoms. The molecule has 1 saturated heterocycles. The first-order chi connectivity index (χ1) is 31.4. The van der Waals surface area contributed by atoms with Gasteiger partial charge in [0.2, 0.25) is 17.7 Å². The summed E-state index contributed by atoms with van der Waals surface area (Å²) in [7, 11) is 0. The molecule has 5 aromatic rings. The molecule has 0 unspecified atom stereocenters. The van der Waals surface area contributed by atoms with Crippen molar-refractivity contribution < 1.29 is 39.0 Å². The predicted molar refractivity (Wildman–Crippen MR) is 251 cm³/mol. The van der Waals surface area contributed by atoms with Gasteiger partial charge in [-0.15, -0.1) is 11.3 Å². The molecule has 5 amide bonds. The van der Waals surface area contributed by atoms with Crippen molar-refractivity contribution >= 4 is 64.3 Å². The van der Waals surface area contributed by atoms with Crippen LogP contribution in [-0.2, 0) is 25.6 Å². The number of carboxylic acids is 1. The summed E-state index contributed by atoms with van der Waals surface area (Å²) in [6.07, 6.45) is 0.812. The van der Waals surface area contributed by atoms with Crippen LogP contribution in [-0.4, -0.2) is 80.3 Å². The number of nitrogens with one attached hydrogen (secondary N) is 4. The number of thiazole rings is 1. The molecule has 0 spiro atoms. The molecule has 66 heavy (non-hydrogen) atoms. The molecule has 6 rings (SSSR count). The first kappa shape index (κ1) is 48.0. The molecule has 0 bridgehead atoms. The van der Waals surface area contributed by atoms with Crippen molar-refractivity contribution in [3.8, 4) is 16.5 Å². The highest BCUT2D eigenvalue weighted by molar-refractivity contribution is 7.13. The second-order valence-corrected chi connectivity index (χ2v) is 18.0. The van der Waals surface area contributed by atoms with Crippen LogP contribution in [0, 0.1) is 23.7 Å². The number of β-amino-alcohol motifs (C(OH)–C–C–N with tert-alkyl or cyclic N) is 1. The first-order valence-electron chi connectivity index (χ1n) is 21.3. The largest absolute Gasteiger partial charge is 0.478 e. The number of amides is 5. The van der Waals surface area contributed by atoms with Gasteiger partial charge in [-0.25, -0.2) is 9.78 Å². The van der Waals surface area contributed by atoms with Gasteiger partial charge >= 0.3 is 5.97 Å². The lowest BCUT2D eigenvalue weighted by Crippen LogP contribution is -2.57. The monoisotopic (exact) mass is 909 g/mol. The van der Waals surface area contributed by atoms with Crippen molar-refractivity contribution in [2.75, 3.05) is 17.2 Å². The predicted octanol–water partition coefficient (Wildman–Crippen LogP) is 6.92. The fourth-order valence-electron chi connectivity index (χ4n) is 7.52. The second kappa shape index (κ2) is 21.0. The quantitative estimate of drug-likeness (QED) is 0.0469. The van der Waals surface area contributed by atoms with E-state index in [4.69, 9.17) is 0 Å². The van der Waals surface area contributed by atoms with Crippen LogP contribution in [0.2, 0.25) is 0 Å². The van der Waals surface area contributed by atoms with E-state index in [-0.39, 0.29) is 48.2 Å². The zero-order valence-corrected chi connectivity index (χ0v) is 37.9. The van der Waals surface area contributed by atoms with E-state index in [1.54, 1.807) is 71.4 Å². The third kappa shape index (κ3) is 12.0. The van der Waals surface area contributed by atoms with Gasteiger partial charge in [0.15, 0.2) is 0 Å². The van der Waals surface area contributed by atoms with E-state index in [1.807, 2.05) is 65.0 Å². The lowest BCUT2D eigenvalue weighted by atomic mass is 9.85. The Morgan fingerprint density at radius 3 is 2.30 bits per heavy atom. The normalized spacial score (nSPS) is 15.8. The summed E-state index contributed by atoms with van der Waals surface area (Å²) in [5.74, 6) is -3.71. The van der Waals surface area contributed by atoms with Crippen LogP contribution in [0.3, 0.4) is 0 Å². The van der Waals surface area contributed by atoms with Gasteiger partial charge in [0, 0.05) is 30.6 Å². The Hall–Kier alpha value is -7.48. The molecule has 6 N–H and O–H groups in total. The maximum absolute atomic E-state index is 14.2. The van der Waals surface area contributed by atoms with Crippen LogP contribution < -0.4 is 21.3 Å². The molecule has 15 nitrogen and oxygen atoms in total. The summed E-state index contributed by atoms with van der Waals surface area (Å²) < 4.78 is 0. The van der Waals surface area contributed by atoms with Crippen LogP contribution in [0.1, 0.15) is 89.7 Å². The highest BCUT2D eigenvalue weighted by atomic mass is 32.1. The van der Waals surface area contributed by atoms with E-state index in [9.17, 15) is 44.2 Å². The number of nitrogens with zero attached hydrogens (tertiary/aromatic N) is 3. The van der Waals surface area contributed by atoms with Crippen molar-refractivity contribution in [1.29, 1.82) is 5.26 Å². The standard InChI is InChI=1S/C50H51N7O8S/c1-29(33-18-20-34(21-19-33)43-30(2)52-28-66-43)53-47(62)41-25-38(58)27-57(41)48(63)44(50(3,4)5)56-42(59)22-15-31-13-16-35(17-14-31)45(60)54-37-10-8-9-32(24-37)23-36(26-51)46(61)55-40-12-7-6-11-39(40)49(64)65/h6-14,16-21,23-24,28-29,38,41,44,58H,15,22,25,27H2,1-5H3,(H,53,62)(H,54,60)(H,55,61)(H,56,59)(H,64,65)/b36-23+/t29-,38+,41-,44+/m0/s1. The number of nitriles is 1. The number of aryl methyl sites for hydroxylation is 2. The molecule has 4 aromatic carbocycles. The number of carboxylic acid groups (broad SMARTS) is 1. The summed E-state index contributed by atoms with van der Waals surface area (Å²) >= 11 is 1.56. The third-order valence-electron chi connectivity index (χ3n) is 11.1. The number of hydrogen-bond donors (Lipinski definition) is 6. The van der Waals surface area contributed by atoms with Crippen LogP contribution >= 0.6 is 11.3 Å². The van der Waals surface area contributed by atoms with E-state index in [0.717, 1.165) is 27.3 Å². The van der Waals surface area contributed by atoms with Gasteiger partial charge in [-0.3, -0.25) is 24.0 Å². The number of aromatic carboxylic acids is 1. The van der Waals surface area contributed by atoms with Crippen molar-refractivity contribution in [2.24, 2.45) is 5.41 Å². The number of carbonyl (C=O) groups is 6. The fraction of sp³-hybridized carbons (Fsp3) is 0.280. The minimum absolute atomic E-state index is 0.0336. The molecular formula is C50H51N7O8S. The van der Waals surface area contributed by atoms with E-state index in [1.165, 1.54) is 29.2 Å². The number of anilines is 2. The van der Waals surface area contributed by atoms with Crippen LogP contribution in [0.15, 0.2) is 108 Å². The Morgan fingerprint density at radius 1 is 0.939 bits per heavy atom. The first-order valence-corrected chi connectivity index (χ1v) is 22.1. The van der Waals surface area contributed by atoms with Crippen LogP contribution in [0.25, 0.3) is 16.5 Å². The topological polar surface area (TPSA) is 231 Å². The van der Waals surface area contributed by atoms with Crippen molar-refractivity contribution in [1.82, 2.24) is 20.5 Å². The molecule has 1 aliphatic heterocycles. The summed E-state index contributed by atoms with van der Waals surface area (Å²) in [6, 6.07) is 26.4. The van der Waals surface area contributed by atoms with E-state index >= 15 is 0 Å². The van der Waals surface area contributed by atoms with Crippen molar-refractivity contribution in [3.05, 3.63) is 142 Å². The van der Waals surface area contributed by atoms with E-state index in [0.29, 0.717) is 23.2 Å². The second-order valence-electron chi connectivity index (χ2n) is 17.1. The summed E-state index contributed by atoms with van der Waals surface area (Å²) in [5.41, 5.74) is 5.47. The number of aromatic nitrogens is 1. The van der Waals surface area contributed by atoms with Gasteiger partial charge in [-0.1, -0.05) is 81.4 Å². The zero-order chi connectivity index (χ0) is 47.7. The average Bonchev–Trinajstić information content (AvgIpc) is 3.91. The molecule has 4 atom stereocenters. The minimum Gasteiger partial charge on any atom is -0.478 e. The number of aliphatic hydroxyl groups excluding tert-OH is 1. The number of para-hydroxylation sites is 1. The summed E-state index contributed by atoms with van der Waals surface area (Å²) in [5, 5.41) is 40.9. The van der Waals surface area contributed by atoms with E-state index < -0.39 is 53.2 Å². The van der Waals surface area contributed by atoms with Gasteiger partial charge in [0.05, 0.1) is 39.5 Å². The Balaban J connectivity index is 1.02. The Morgan fingerprint density at radius 2 is 1.65 bits per heavy atom. The minimum atomic E-state index is -1.24. The highest BCUT2D eigenvalue weighted by Gasteiger charge is 2.44. The van der Waals surface area contributed by atoms with Crippen LogP contribution in [0.5, 0.6) is 0 Å². The Kier molecular flexibility index (Phi) is 15.3. The molecule has 0 radical (unpaired) electrons. The van der Waals surface area contributed by atoms with Crippen molar-refractivity contribution in [2.45, 2.75) is 78.1 Å². The smallest absolute Gasteiger partial charge is 0.337 e. The Bertz CT molecular complexity index is 2700. The maximum atomic E-state index is 14.2. The molecule has 0 aliphatic carbocycles. The molecular weight excluding hydrogens is 859 g/mol. The molecule has 2 heterocycles. The molecule has 0 saturated carbocycles. The number of benzene rings is 4. The number of carbonyl (C=O) groups excluding carboxylic acids is 5. The lowest BCUT2D eigenvalue weighted by molar-refractivity contribution is -0.144. The molecule has 340 valence electrons. The summed E-state index contributed by atoms with van der Waals surface area (Å²) in [4.78, 5) is 85.6. The average molecular weight is 910 g/mol. The maximum Gasteiger partial charge on any atom is 0.337 e. The zero-order valence-electron chi connectivity index (χ0n) is 37.1. The van der Waals surface area contributed by atoms with Crippen molar-refractivity contribution in [3.63, 3.8) is 0 Å². The van der Waals surface area contributed by atoms with Crippen LogP contribution in [0.4, 0.5) is 11.4 Å².